The highest BCUT2D eigenvalue weighted by Gasteiger charge is 2.02. The predicted molar refractivity (Wildman–Crippen MR) is 73.9 cm³/mol. The number of anilines is 3. The summed E-state index contributed by atoms with van der Waals surface area (Å²) in [5.74, 6) is 0.995. The van der Waals surface area contributed by atoms with E-state index < -0.39 is 0 Å². The van der Waals surface area contributed by atoms with E-state index in [-0.39, 0.29) is 0 Å². The fourth-order valence-corrected chi connectivity index (χ4v) is 2.18. The van der Waals surface area contributed by atoms with Gasteiger partial charge in [-0.05, 0) is 40.8 Å². The van der Waals surface area contributed by atoms with E-state index in [4.69, 9.17) is 17.3 Å². The van der Waals surface area contributed by atoms with Gasteiger partial charge in [-0.25, -0.2) is 4.98 Å². The first kappa shape index (κ1) is 11.4. The SMILES string of the molecule is Nc1cncc(Nc2ccc(Cl)cc2I)n1. The first-order valence-corrected chi connectivity index (χ1v) is 5.90. The second-order valence-corrected chi connectivity index (χ2v) is 4.68. The third-order valence-corrected chi connectivity index (χ3v) is 2.97. The van der Waals surface area contributed by atoms with Crippen molar-refractivity contribution in [1.82, 2.24) is 9.97 Å². The molecule has 0 unspecified atom stereocenters. The molecular formula is C10H8ClIN4. The maximum Gasteiger partial charge on any atom is 0.151 e. The predicted octanol–water partition coefficient (Wildman–Crippen LogP) is 3.06. The molecule has 1 aromatic carbocycles. The summed E-state index contributed by atoms with van der Waals surface area (Å²) in [6.07, 6.45) is 3.11. The number of benzene rings is 1. The molecule has 0 fully saturated rings. The van der Waals surface area contributed by atoms with Gasteiger partial charge in [-0.3, -0.25) is 4.98 Å². The number of hydrogen-bond donors (Lipinski definition) is 2. The zero-order valence-corrected chi connectivity index (χ0v) is 11.0. The van der Waals surface area contributed by atoms with Gasteiger partial charge in [-0.1, -0.05) is 11.6 Å². The average molecular weight is 347 g/mol. The van der Waals surface area contributed by atoms with Crippen LogP contribution in [0.2, 0.25) is 5.02 Å². The summed E-state index contributed by atoms with van der Waals surface area (Å²) in [4.78, 5) is 8.05. The molecule has 16 heavy (non-hydrogen) atoms. The van der Waals surface area contributed by atoms with E-state index in [9.17, 15) is 0 Å². The fourth-order valence-electron chi connectivity index (χ4n) is 1.17. The van der Waals surface area contributed by atoms with E-state index in [1.165, 1.54) is 6.20 Å². The van der Waals surface area contributed by atoms with Gasteiger partial charge in [-0.2, -0.15) is 0 Å². The van der Waals surface area contributed by atoms with Gasteiger partial charge >= 0.3 is 0 Å². The van der Waals surface area contributed by atoms with E-state index in [0.717, 1.165) is 9.26 Å². The van der Waals surface area contributed by atoms with Crippen LogP contribution in [-0.4, -0.2) is 9.97 Å². The normalized spacial score (nSPS) is 10.1. The Morgan fingerprint density at radius 3 is 2.81 bits per heavy atom. The Morgan fingerprint density at radius 1 is 1.31 bits per heavy atom. The van der Waals surface area contributed by atoms with Crippen LogP contribution in [-0.2, 0) is 0 Å². The summed E-state index contributed by atoms with van der Waals surface area (Å²) in [7, 11) is 0. The van der Waals surface area contributed by atoms with E-state index in [0.29, 0.717) is 16.7 Å². The number of rotatable bonds is 2. The van der Waals surface area contributed by atoms with Crippen molar-refractivity contribution in [2.45, 2.75) is 0 Å². The molecule has 1 heterocycles. The van der Waals surface area contributed by atoms with Crippen molar-refractivity contribution in [2.75, 3.05) is 11.1 Å². The lowest BCUT2D eigenvalue weighted by Crippen LogP contribution is -1.99. The van der Waals surface area contributed by atoms with Crippen LogP contribution in [0.15, 0.2) is 30.6 Å². The Morgan fingerprint density at radius 2 is 2.12 bits per heavy atom. The summed E-state index contributed by atoms with van der Waals surface area (Å²) in [6.45, 7) is 0. The average Bonchev–Trinajstić information content (AvgIpc) is 2.22. The van der Waals surface area contributed by atoms with Crippen molar-refractivity contribution in [1.29, 1.82) is 0 Å². The third kappa shape index (κ3) is 2.73. The highest BCUT2D eigenvalue weighted by molar-refractivity contribution is 14.1. The zero-order chi connectivity index (χ0) is 11.5. The topological polar surface area (TPSA) is 63.8 Å². The van der Waals surface area contributed by atoms with Gasteiger partial charge in [0, 0.05) is 8.59 Å². The third-order valence-electron chi connectivity index (χ3n) is 1.85. The van der Waals surface area contributed by atoms with E-state index in [2.05, 4.69) is 37.9 Å². The largest absolute Gasteiger partial charge is 0.382 e. The lowest BCUT2D eigenvalue weighted by atomic mass is 10.3. The Labute approximate surface area is 111 Å². The molecule has 0 aliphatic heterocycles. The number of hydrogen-bond acceptors (Lipinski definition) is 4. The number of nitrogen functional groups attached to an aromatic ring is 1. The summed E-state index contributed by atoms with van der Waals surface area (Å²) in [6, 6.07) is 5.56. The van der Waals surface area contributed by atoms with Crippen LogP contribution in [0, 0.1) is 3.57 Å². The van der Waals surface area contributed by atoms with Crippen molar-refractivity contribution >= 4 is 51.5 Å². The molecule has 0 aliphatic rings. The Hall–Kier alpha value is -1.08. The zero-order valence-electron chi connectivity index (χ0n) is 8.11. The van der Waals surface area contributed by atoms with Crippen LogP contribution in [0.3, 0.4) is 0 Å². The maximum absolute atomic E-state index is 5.86. The second kappa shape index (κ2) is 4.84. The minimum absolute atomic E-state index is 0.383. The molecule has 0 saturated carbocycles. The fraction of sp³-hybridized carbons (Fsp3) is 0. The van der Waals surface area contributed by atoms with Crippen LogP contribution in [0.5, 0.6) is 0 Å². The van der Waals surface area contributed by atoms with E-state index in [1.807, 2.05) is 18.2 Å². The number of nitrogens with zero attached hydrogens (tertiary/aromatic N) is 2. The molecule has 0 amide bonds. The molecule has 82 valence electrons. The van der Waals surface area contributed by atoms with E-state index >= 15 is 0 Å². The van der Waals surface area contributed by atoms with Crippen LogP contribution in [0.25, 0.3) is 0 Å². The molecule has 4 nitrogen and oxygen atoms in total. The van der Waals surface area contributed by atoms with Gasteiger partial charge in [0.25, 0.3) is 0 Å². The molecule has 6 heteroatoms. The summed E-state index contributed by atoms with van der Waals surface area (Å²) >= 11 is 8.06. The maximum atomic E-state index is 5.86. The van der Waals surface area contributed by atoms with Crippen LogP contribution in [0.1, 0.15) is 0 Å². The van der Waals surface area contributed by atoms with Gasteiger partial charge in [0.2, 0.25) is 0 Å². The Kier molecular flexibility index (Phi) is 3.45. The Balaban J connectivity index is 2.27. The molecule has 0 spiro atoms. The number of aromatic nitrogens is 2. The first-order chi connectivity index (χ1) is 7.65. The lowest BCUT2D eigenvalue weighted by molar-refractivity contribution is 1.21. The highest BCUT2D eigenvalue weighted by Crippen LogP contribution is 2.24. The van der Waals surface area contributed by atoms with Gasteiger partial charge in [-0.15, -0.1) is 0 Å². The van der Waals surface area contributed by atoms with Crippen molar-refractivity contribution < 1.29 is 0 Å². The van der Waals surface area contributed by atoms with Crippen LogP contribution >= 0.6 is 34.2 Å². The van der Waals surface area contributed by atoms with Gasteiger partial charge in [0.15, 0.2) is 5.82 Å². The molecule has 2 rings (SSSR count). The minimum atomic E-state index is 0.383. The lowest BCUT2D eigenvalue weighted by Gasteiger charge is -2.07. The minimum Gasteiger partial charge on any atom is -0.382 e. The van der Waals surface area contributed by atoms with Gasteiger partial charge in [0.1, 0.15) is 5.82 Å². The highest BCUT2D eigenvalue weighted by atomic mass is 127. The molecule has 1 aromatic heterocycles. The molecule has 0 radical (unpaired) electrons. The van der Waals surface area contributed by atoms with Crippen LogP contribution < -0.4 is 11.1 Å². The van der Waals surface area contributed by atoms with Crippen molar-refractivity contribution in [3.63, 3.8) is 0 Å². The Bertz CT molecular complexity index is 518. The molecule has 2 aromatic rings. The van der Waals surface area contributed by atoms with E-state index in [1.54, 1.807) is 6.20 Å². The quantitative estimate of drug-likeness (QED) is 0.820. The monoisotopic (exact) mass is 346 g/mol. The molecule has 0 saturated heterocycles. The standard InChI is InChI=1S/C10H8ClIN4/c11-6-1-2-8(7(12)3-6)15-10-5-14-4-9(13)16-10/h1-5H,(H3,13,15,16). The molecule has 0 atom stereocenters. The van der Waals surface area contributed by atoms with Crippen molar-refractivity contribution in [3.8, 4) is 0 Å². The second-order valence-electron chi connectivity index (χ2n) is 3.08. The summed E-state index contributed by atoms with van der Waals surface area (Å²) in [5, 5.41) is 3.82. The van der Waals surface area contributed by atoms with Gasteiger partial charge in [0.05, 0.1) is 18.1 Å². The number of nitrogens with one attached hydrogen (secondary N) is 1. The molecule has 3 N–H and O–H groups in total. The van der Waals surface area contributed by atoms with Gasteiger partial charge < -0.3 is 11.1 Å². The molecule has 0 aliphatic carbocycles. The number of halogens is 2. The number of nitrogens with two attached hydrogens (primary N) is 1. The summed E-state index contributed by atoms with van der Waals surface area (Å²) in [5.41, 5.74) is 6.46. The van der Waals surface area contributed by atoms with Crippen LogP contribution in [0.4, 0.5) is 17.3 Å². The molecule has 0 bridgehead atoms. The van der Waals surface area contributed by atoms with Crippen molar-refractivity contribution in [3.05, 3.63) is 39.2 Å². The molecular weight excluding hydrogens is 338 g/mol. The first-order valence-electron chi connectivity index (χ1n) is 4.45. The smallest absolute Gasteiger partial charge is 0.151 e. The summed E-state index contributed by atoms with van der Waals surface area (Å²) < 4.78 is 1.01. The van der Waals surface area contributed by atoms with Crippen molar-refractivity contribution in [2.24, 2.45) is 0 Å².